The molecule has 222 valence electrons. The van der Waals surface area contributed by atoms with Crippen LogP contribution >= 0.6 is 23.4 Å². The first-order chi connectivity index (χ1) is 20.6. The fraction of sp³-hybridized carbons (Fsp3) is 0.172. The van der Waals surface area contributed by atoms with Gasteiger partial charge in [0.25, 0.3) is 16.8 Å². The van der Waals surface area contributed by atoms with Crippen LogP contribution in [-0.2, 0) is 20.9 Å². The minimum Gasteiger partial charge on any atom is -0.493 e. The molecule has 0 unspecified atom stereocenters. The summed E-state index contributed by atoms with van der Waals surface area (Å²) < 4.78 is 16.1. The Labute approximate surface area is 254 Å². The summed E-state index contributed by atoms with van der Waals surface area (Å²) in [6.45, 7) is 1.30. The van der Waals surface area contributed by atoms with E-state index in [1.807, 2.05) is 0 Å². The third-order valence-electron chi connectivity index (χ3n) is 5.92. The Balaban J connectivity index is 1.42. The molecule has 43 heavy (non-hydrogen) atoms. The number of hydrogen-bond acceptors (Lipinski definition) is 10. The van der Waals surface area contributed by atoms with Gasteiger partial charge < -0.3 is 19.5 Å². The van der Waals surface area contributed by atoms with Gasteiger partial charge in [0.05, 0.1) is 34.1 Å². The van der Waals surface area contributed by atoms with E-state index in [9.17, 15) is 29.3 Å². The SMILES string of the molecule is CCOC(=O)c1cc(NC(=O)CN2C(=O)S/C(=C/c3ccc(OCc4cccc([N+](=O)[O-])c4)c(OC)c3)C2=O)ccc1Cl. The molecule has 0 aromatic heterocycles. The number of amides is 3. The van der Waals surface area contributed by atoms with Crippen molar-refractivity contribution >= 4 is 63.8 Å². The lowest BCUT2D eigenvalue weighted by molar-refractivity contribution is -0.384. The highest BCUT2D eigenvalue weighted by Crippen LogP contribution is 2.35. The molecule has 1 heterocycles. The summed E-state index contributed by atoms with van der Waals surface area (Å²) in [4.78, 5) is 61.7. The van der Waals surface area contributed by atoms with Crippen LogP contribution < -0.4 is 14.8 Å². The fourth-order valence-corrected chi connectivity index (χ4v) is 4.95. The van der Waals surface area contributed by atoms with E-state index in [1.165, 1.54) is 43.5 Å². The number of thioether (sulfide) groups is 1. The van der Waals surface area contributed by atoms with Gasteiger partial charge in [-0.25, -0.2) is 4.79 Å². The van der Waals surface area contributed by atoms with Crippen LogP contribution in [-0.4, -0.2) is 53.1 Å². The molecule has 1 aliphatic heterocycles. The molecule has 1 fully saturated rings. The topological polar surface area (TPSA) is 154 Å². The number of benzene rings is 3. The van der Waals surface area contributed by atoms with E-state index < -0.39 is 34.5 Å². The first-order valence-electron chi connectivity index (χ1n) is 12.7. The number of methoxy groups -OCH3 is 1. The largest absolute Gasteiger partial charge is 0.493 e. The van der Waals surface area contributed by atoms with Gasteiger partial charge in [-0.1, -0.05) is 29.8 Å². The van der Waals surface area contributed by atoms with Gasteiger partial charge in [-0.2, -0.15) is 0 Å². The number of ether oxygens (including phenoxy) is 3. The lowest BCUT2D eigenvalue weighted by Crippen LogP contribution is -2.36. The Morgan fingerprint density at radius 1 is 1.09 bits per heavy atom. The number of carbonyl (C=O) groups is 4. The molecule has 12 nitrogen and oxygen atoms in total. The van der Waals surface area contributed by atoms with E-state index in [2.05, 4.69) is 5.32 Å². The van der Waals surface area contributed by atoms with Crippen molar-refractivity contribution in [2.24, 2.45) is 0 Å². The van der Waals surface area contributed by atoms with Gasteiger partial charge in [0.1, 0.15) is 13.2 Å². The number of non-ortho nitro benzene ring substituents is 1. The molecule has 0 saturated carbocycles. The van der Waals surface area contributed by atoms with Crippen molar-refractivity contribution in [2.75, 3.05) is 25.6 Å². The molecule has 0 aliphatic carbocycles. The number of hydrogen-bond donors (Lipinski definition) is 1. The van der Waals surface area contributed by atoms with Crippen LogP contribution in [0.5, 0.6) is 11.5 Å². The van der Waals surface area contributed by atoms with Crippen LogP contribution in [0.3, 0.4) is 0 Å². The molecule has 3 aromatic carbocycles. The molecule has 1 saturated heterocycles. The number of nitrogens with one attached hydrogen (secondary N) is 1. The van der Waals surface area contributed by atoms with Crippen molar-refractivity contribution in [1.82, 2.24) is 4.90 Å². The van der Waals surface area contributed by atoms with E-state index in [1.54, 1.807) is 37.3 Å². The average molecular weight is 626 g/mol. The predicted octanol–water partition coefficient (Wildman–Crippen LogP) is 5.69. The number of esters is 1. The van der Waals surface area contributed by atoms with Crippen LogP contribution in [0.15, 0.2) is 65.6 Å². The number of halogens is 1. The number of nitro benzene ring substituents is 1. The van der Waals surface area contributed by atoms with Crippen molar-refractivity contribution in [1.29, 1.82) is 0 Å². The summed E-state index contributed by atoms with van der Waals surface area (Å²) in [7, 11) is 1.43. The zero-order chi connectivity index (χ0) is 31.1. The van der Waals surface area contributed by atoms with Crippen LogP contribution in [0.2, 0.25) is 5.02 Å². The molecular weight excluding hydrogens is 602 g/mol. The summed E-state index contributed by atoms with van der Waals surface area (Å²) >= 11 is 6.73. The van der Waals surface area contributed by atoms with E-state index >= 15 is 0 Å². The second kappa shape index (κ2) is 13.9. The third kappa shape index (κ3) is 7.70. The molecule has 3 aromatic rings. The molecule has 0 spiro atoms. The lowest BCUT2D eigenvalue weighted by Gasteiger charge is -2.13. The normalized spacial score (nSPS) is 13.7. The average Bonchev–Trinajstić information content (AvgIpc) is 3.24. The summed E-state index contributed by atoms with van der Waals surface area (Å²) in [6.07, 6.45) is 1.49. The fourth-order valence-electron chi connectivity index (χ4n) is 3.91. The molecule has 4 rings (SSSR count). The van der Waals surface area contributed by atoms with Crippen LogP contribution in [0.4, 0.5) is 16.2 Å². The van der Waals surface area contributed by atoms with E-state index in [0.29, 0.717) is 34.4 Å². The van der Waals surface area contributed by atoms with Gasteiger partial charge in [-0.3, -0.25) is 29.4 Å². The van der Waals surface area contributed by atoms with Gasteiger partial charge in [0.2, 0.25) is 5.91 Å². The van der Waals surface area contributed by atoms with E-state index in [4.69, 9.17) is 25.8 Å². The Morgan fingerprint density at radius 2 is 1.88 bits per heavy atom. The number of nitro groups is 1. The van der Waals surface area contributed by atoms with Gasteiger partial charge in [-0.05, 0) is 66.2 Å². The molecule has 0 atom stereocenters. The first kappa shape index (κ1) is 31.1. The standard InChI is InChI=1S/C29H24ClN3O9S/c1-3-41-28(36)21-14-19(8-9-22(21)30)31-26(34)15-32-27(35)25(43-29(32)37)13-17-7-10-23(24(12-17)40-2)42-16-18-5-4-6-20(11-18)33(38)39/h4-14H,3,15-16H2,1-2H3,(H,31,34)/b25-13+. The van der Waals surface area contributed by atoms with Gasteiger partial charge in [-0.15, -0.1) is 0 Å². The van der Waals surface area contributed by atoms with Gasteiger partial charge >= 0.3 is 5.97 Å². The highest BCUT2D eigenvalue weighted by Gasteiger charge is 2.36. The first-order valence-corrected chi connectivity index (χ1v) is 13.8. The smallest absolute Gasteiger partial charge is 0.339 e. The third-order valence-corrected chi connectivity index (χ3v) is 7.16. The zero-order valence-electron chi connectivity index (χ0n) is 22.8. The van der Waals surface area contributed by atoms with Gasteiger partial charge in [0, 0.05) is 17.8 Å². The number of carbonyl (C=O) groups excluding carboxylic acids is 4. The summed E-state index contributed by atoms with van der Waals surface area (Å²) in [5.74, 6) is -1.27. The molecule has 1 aliphatic rings. The monoisotopic (exact) mass is 625 g/mol. The molecule has 1 N–H and O–H groups in total. The second-order valence-corrected chi connectivity index (χ2v) is 10.3. The number of imide groups is 1. The van der Waals surface area contributed by atoms with Crippen LogP contribution in [0.25, 0.3) is 6.08 Å². The summed E-state index contributed by atoms with van der Waals surface area (Å²) in [5, 5.41) is 13.1. The molecule has 0 radical (unpaired) electrons. The predicted molar refractivity (Wildman–Crippen MR) is 159 cm³/mol. The Kier molecular flexibility index (Phi) is 10.0. The second-order valence-electron chi connectivity index (χ2n) is 8.86. The van der Waals surface area contributed by atoms with Gasteiger partial charge in [0.15, 0.2) is 11.5 Å². The Bertz CT molecular complexity index is 1640. The lowest BCUT2D eigenvalue weighted by atomic mass is 10.1. The van der Waals surface area contributed by atoms with E-state index in [0.717, 1.165) is 4.90 Å². The summed E-state index contributed by atoms with van der Waals surface area (Å²) in [6, 6.07) is 15.1. The summed E-state index contributed by atoms with van der Waals surface area (Å²) in [5.41, 5.74) is 1.37. The molecule has 3 amide bonds. The minimum atomic E-state index is -0.660. The molecule has 0 bridgehead atoms. The quantitative estimate of drug-likeness (QED) is 0.122. The van der Waals surface area contributed by atoms with Crippen molar-refractivity contribution in [3.8, 4) is 11.5 Å². The van der Waals surface area contributed by atoms with Crippen molar-refractivity contribution in [2.45, 2.75) is 13.5 Å². The molecule has 14 heteroatoms. The Morgan fingerprint density at radius 3 is 2.60 bits per heavy atom. The minimum absolute atomic E-state index is 0.0528. The van der Waals surface area contributed by atoms with Crippen molar-refractivity contribution in [3.63, 3.8) is 0 Å². The molecular formula is C29H24ClN3O9S. The van der Waals surface area contributed by atoms with Crippen molar-refractivity contribution in [3.05, 3.63) is 97.4 Å². The zero-order valence-corrected chi connectivity index (χ0v) is 24.4. The van der Waals surface area contributed by atoms with Crippen LogP contribution in [0, 0.1) is 10.1 Å². The number of anilines is 1. The maximum Gasteiger partial charge on any atom is 0.339 e. The number of nitrogens with zero attached hydrogens (tertiary/aromatic N) is 2. The maximum absolute atomic E-state index is 13.0. The Hall–Kier alpha value is -4.88. The highest BCUT2D eigenvalue weighted by molar-refractivity contribution is 8.18. The number of rotatable bonds is 11. The highest BCUT2D eigenvalue weighted by atomic mass is 35.5. The van der Waals surface area contributed by atoms with E-state index in [-0.39, 0.29) is 40.1 Å². The van der Waals surface area contributed by atoms with Crippen molar-refractivity contribution < 1.29 is 38.3 Å². The van der Waals surface area contributed by atoms with Crippen LogP contribution in [0.1, 0.15) is 28.4 Å². The maximum atomic E-state index is 13.0.